The third-order valence-corrected chi connectivity index (χ3v) is 20.0. The molecule has 4 aliphatic heterocycles. The minimum atomic E-state index is -1.22. The van der Waals surface area contributed by atoms with E-state index in [1.54, 1.807) is 31.3 Å². The fraction of sp³-hybridized carbons (Fsp3) is 0.325. The number of hydrogen-bond acceptors (Lipinski definition) is 18. The molecule has 0 amide bonds. The van der Waals surface area contributed by atoms with Crippen LogP contribution in [0, 0.1) is 162 Å². The number of rotatable bonds is 14. The SMILES string of the molecule is CCOC(=O)c1cnn(Cc2cc(F)c(N3CC4CC4C3)c(C#N)c2)c1.N#Cc1cc(Br)cc(F)c1F.N#Cc1cc(C=O)cc(F)c1F.N#Cc1cc(C=O)cc(F)c1N1CC2CC2C1.N#Cc1cc(CO)cc(F)c1N1CC2CC2C1.N#Cc1cc(Cn2cc(C(=O)O)cn2)cc(F)c1N1CC2CC2C1. The van der Waals surface area contributed by atoms with Crippen molar-refractivity contribution >= 4 is 63.2 Å². The van der Waals surface area contributed by atoms with Crippen molar-refractivity contribution in [1.82, 2.24) is 19.6 Å². The Morgan fingerprint density at radius 3 is 1.14 bits per heavy atom. The Morgan fingerprint density at radius 1 is 0.467 bits per heavy atom. The molecule has 546 valence electrons. The maximum absolute atomic E-state index is 14.7. The molecule has 2 aromatic heterocycles. The Bertz CT molecular complexity index is 5050. The molecule has 107 heavy (non-hydrogen) atoms. The maximum atomic E-state index is 14.7. The number of carbonyl (C=O) groups excluding carboxylic acids is 3. The van der Waals surface area contributed by atoms with Crippen LogP contribution >= 0.6 is 15.9 Å². The first-order valence-corrected chi connectivity index (χ1v) is 34.5. The predicted molar refractivity (Wildman–Crippen MR) is 372 cm³/mol. The van der Waals surface area contributed by atoms with Gasteiger partial charge in [0.15, 0.2) is 23.3 Å². The second-order valence-corrected chi connectivity index (χ2v) is 27.9. The van der Waals surface area contributed by atoms with Crippen LogP contribution in [-0.2, 0) is 24.4 Å². The number of nitrogens with zero attached hydrogens (tertiary/aromatic N) is 14. The average molecular weight is 1530 g/mol. The van der Waals surface area contributed by atoms with E-state index in [2.05, 4.69) is 38.3 Å². The molecule has 0 bridgehead atoms. The number of fused-ring (bicyclic) bond motifs is 4. The number of hydrogen-bond donors (Lipinski definition) is 2. The molecule has 4 saturated carbocycles. The van der Waals surface area contributed by atoms with Crippen molar-refractivity contribution in [2.24, 2.45) is 47.3 Å². The molecule has 8 aromatic rings. The molecule has 2 N–H and O–H groups in total. The van der Waals surface area contributed by atoms with Gasteiger partial charge in [-0.25, -0.2) is 44.7 Å². The van der Waals surface area contributed by atoms with Gasteiger partial charge in [-0.1, -0.05) is 15.9 Å². The number of ether oxygens (including phenoxy) is 1. The van der Waals surface area contributed by atoms with Gasteiger partial charge in [0.05, 0.1) is 106 Å². The molecule has 21 nitrogen and oxygen atoms in total. The van der Waals surface area contributed by atoms with Gasteiger partial charge in [0.25, 0.3) is 0 Å². The quantitative estimate of drug-likeness (QED) is 0.0442. The van der Waals surface area contributed by atoms with E-state index in [0.717, 1.165) is 70.6 Å². The molecule has 6 aromatic carbocycles. The number of aromatic nitrogens is 4. The molecule has 8 aliphatic rings. The fourth-order valence-electron chi connectivity index (χ4n) is 14.0. The number of piperidine rings is 4. The molecular formula is C77H63BrF8N14O7. The molecule has 0 radical (unpaired) electrons. The lowest BCUT2D eigenvalue weighted by atomic mass is 10.1. The summed E-state index contributed by atoms with van der Waals surface area (Å²) in [6.07, 6.45) is 11.4. The number of aliphatic hydroxyl groups is 1. The van der Waals surface area contributed by atoms with Gasteiger partial charge in [-0.15, -0.1) is 0 Å². The van der Waals surface area contributed by atoms with Crippen molar-refractivity contribution in [1.29, 1.82) is 31.6 Å². The van der Waals surface area contributed by atoms with E-state index in [9.17, 15) is 64.8 Å². The van der Waals surface area contributed by atoms with Crippen LogP contribution in [0.25, 0.3) is 0 Å². The number of benzene rings is 6. The summed E-state index contributed by atoms with van der Waals surface area (Å²) in [5.74, 6) is -2.32. The highest BCUT2D eigenvalue weighted by Gasteiger charge is 2.49. The minimum Gasteiger partial charge on any atom is -0.478 e. The molecule has 8 fully saturated rings. The smallest absolute Gasteiger partial charge is 0.341 e. The van der Waals surface area contributed by atoms with Gasteiger partial charge in [-0.05, 0) is 169 Å². The summed E-state index contributed by atoms with van der Waals surface area (Å²) in [4.78, 5) is 51.2. The zero-order valence-corrected chi connectivity index (χ0v) is 58.5. The number of carboxylic acids is 1. The standard InChI is InChI=1S/C19H19FN4O2.C17H15FN4O2.C13H13FN2O.C13H11FN2O.C8H3F2NO.C7H2BrF2N/c1-2-26-19(25)16-7-22-24(11-16)8-12-3-13(6-21)18(17(20)4-12)23-9-14-5-15(14)10-23;18-15-2-10(6-22-9-14(5-20-22)17(23)24)1-11(4-19)16(15)21-7-12-3-13(12)8-21;2*14-12-2-8(7-17)1-9(4-15)13(12)16-5-10-3-11(10)6-16;9-7-2-5(4-12)1-6(3-11)8(7)10;8-5-1-4(3-11)7(10)6(9)2-5/h3-4,7,11,14-15H,2,5,8-10H2,1H3;1-2,5,9,12-13H,3,6-8H2,(H,23,24);1-2,10-11,17H,3,5-7H2;1-2,7,10-11H,3,5-6H2;1-2,4H;1-2H. The zero-order chi connectivity index (χ0) is 76.7. The van der Waals surface area contributed by atoms with Crippen LogP contribution in [0.2, 0.25) is 0 Å². The van der Waals surface area contributed by atoms with Crippen molar-refractivity contribution in [2.75, 3.05) is 78.6 Å². The summed E-state index contributed by atoms with van der Waals surface area (Å²) >= 11 is 2.93. The number of aldehydes is 2. The van der Waals surface area contributed by atoms with Crippen molar-refractivity contribution in [2.45, 2.75) is 52.3 Å². The average Bonchev–Trinajstić information content (AvgIpc) is 1.64. The highest BCUT2D eigenvalue weighted by atomic mass is 79.9. The van der Waals surface area contributed by atoms with Crippen LogP contribution in [0.4, 0.5) is 57.9 Å². The van der Waals surface area contributed by atoms with E-state index in [4.69, 9.17) is 36.0 Å². The maximum Gasteiger partial charge on any atom is 0.341 e. The Balaban J connectivity index is 0.000000131. The van der Waals surface area contributed by atoms with Gasteiger partial charge in [0.2, 0.25) is 0 Å². The minimum absolute atomic E-state index is 0.0505. The molecule has 0 spiro atoms. The Hall–Kier alpha value is -12.0. The number of esters is 1. The van der Waals surface area contributed by atoms with E-state index in [-0.39, 0.29) is 53.3 Å². The number of carbonyl (C=O) groups is 4. The van der Waals surface area contributed by atoms with Gasteiger partial charge in [-0.3, -0.25) is 19.0 Å². The summed E-state index contributed by atoms with van der Waals surface area (Å²) in [5.41, 5.74) is 4.32. The molecule has 30 heteroatoms. The van der Waals surface area contributed by atoms with Gasteiger partial charge >= 0.3 is 11.9 Å². The highest BCUT2D eigenvalue weighted by Crippen LogP contribution is 2.50. The van der Waals surface area contributed by atoms with E-state index in [0.29, 0.717) is 133 Å². The molecule has 4 aliphatic carbocycles. The van der Waals surface area contributed by atoms with Crippen molar-refractivity contribution in [3.8, 4) is 36.4 Å². The Kier molecular flexibility index (Phi) is 23.5. The Morgan fingerprint density at radius 2 is 0.785 bits per heavy atom. The second-order valence-electron chi connectivity index (χ2n) is 27.0. The lowest BCUT2D eigenvalue weighted by Gasteiger charge is -2.22. The second kappa shape index (κ2) is 33.0. The van der Waals surface area contributed by atoms with E-state index >= 15 is 0 Å². The van der Waals surface area contributed by atoms with E-state index < -0.39 is 58.2 Å². The molecule has 16 rings (SSSR count). The number of aromatic carboxylic acids is 1. The first-order valence-electron chi connectivity index (χ1n) is 33.7. The first-order chi connectivity index (χ1) is 51.4. The predicted octanol–water partition coefficient (Wildman–Crippen LogP) is 12.5. The summed E-state index contributed by atoms with van der Waals surface area (Å²) < 4.78 is 116. The monoisotopic (exact) mass is 1530 g/mol. The number of halogens is 9. The Labute approximate surface area is 616 Å². The van der Waals surface area contributed by atoms with E-state index in [1.807, 2.05) is 31.7 Å². The van der Waals surface area contributed by atoms with Crippen LogP contribution in [0.1, 0.15) is 124 Å². The lowest BCUT2D eigenvalue weighted by molar-refractivity contribution is 0.0525. The summed E-state index contributed by atoms with van der Waals surface area (Å²) in [5, 5.41) is 79.6. The van der Waals surface area contributed by atoms with Crippen LogP contribution in [-0.4, -0.2) is 113 Å². The molecule has 6 heterocycles. The molecular weight excluding hydrogens is 1460 g/mol. The van der Waals surface area contributed by atoms with E-state index in [1.165, 1.54) is 102 Å². The van der Waals surface area contributed by atoms with Crippen LogP contribution in [0.5, 0.6) is 0 Å². The van der Waals surface area contributed by atoms with Gasteiger partial charge < -0.3 is 34.5 Å². The van der Waals surface area contributed by atoms with Crippen molar-refractivity contribution < 1.29 is 69.3 Å². The molecule has 4 saturated heterocycles. The van der Waals surface area contributed by atoms with Crippen molar-refractivity contribution in [3.05, 3.63) is 221 Å². The van der Waals surface area contributed by atoms with Crippen LogP contribution < -0.4 is 19.6 Å². The zero-order valence-electron chi connectivity index (χ0n) is 56.9. The van der Waals surface area contributed by atoms with Gasteiger partial charge in [-0.2, -0.15) is 41.8 Å². The van der Waals surface area contributed by atoms with Crippen LogP contribution in [0.15, 0.2) is 102 Å². The third kappa shape index (κ3) is 17.9. The number of aliphatic hydroxyl groups excluding tert-OH is 1. The largest absolute Gasteiger partial charge is 0.478 e. The molecule has 8 atom stereocenters. The third-order valence-electron chi connectivity index (χ3n) is 19.6. The van der Waals surface area contributed by atoms with Gasteiger partial charge in [0, 0.05) is 80.4 Å². The van der Waals surface area contributed by atoms with Crippen molar-refractivity contribution in [3.63, 3.8) is 0 Å². The number of carboxylic acid groups (broad SMARTS) is 1. The summed E-state index contributed by atoms with van der Waals surface area (Å²) in [7, 11) is 0. The van der Waals surface area contributed by atoms with Gasteiger partial charge in [0.1, 0.15) is 72.3 Å². The molecule has 8 unspecified atom stereocenters. The number of anilines is 4. The topological polar surface area (TPSA) is 309 Å². The first kappa shape index (κ1) is 76.2. The lowest BCUT2D eigenvalue weighted by Crippen LogP contribution is -2.24. The normalized spacial score (nSPS) is 19.9. The summed E-state index contributed by atoms with van der Waals surface area (Å²) in [6, 6.07) is 26.9. The summed E-state index contributed by atoms with van der Waals surface area (Å²) in [6.45, 7) is 8.94. The highest BCUT2D eigenvalue weighted by molar-refractivity contribution is 9.10. The number of nitriles is 6. The van der Waals surface area contributed by atoms with Crippen LogP contribution in [0.3, 0.4) is 0 Å². The fourth-order valence-corrected chi connectivity index (χ4v) is 14.4.